The lowest BCUT2D eigenvalue weighted by Gasteiger charge is -2.17. The summed E-state index contributed by atoms with van der Waals surface area (Å²) in [7, 11) is 0. The molecule has 0 aromatic carbocycles. The number of carbonyl (C=O) groups is 2. The Morgan fingerprint density at radius 1 is 1.37 bits per heavy atom. The van der Waals surface area contributed by atoms with Gasteiger partial charge in [0.2, 0.25) is 0 Å². The first-order chi connectivity index (χ1) is 8.73. The second-order valence-electron chi connectivity index (χ2n) is 4.40. The second-order valence-corrected chi connectivity index (χ2v) is 4.40. The van der Waals surface area contributed by atoms with Gasteiger partial charge in [0.25, 0.3) is 0 Å². The average molecular weight is 283 g/mol. The number of hydrogen-bond donors (Lipinski definition) is 3. The van der Waals surface area contributed by atoms with Crippen LogP contribution in [0.25, 0.3) is 0 Å². The van der Waals surface area contributed by atoms with Crippen molar-refractivity contribution in [3.63, 3.8) is 0 Å². The molecule has 3 amide bonds. The Hall–Kier alpha value is -1.67. The van der Waals surface area contributed by atoms with E-state index in [1.54, 1.807) is 5.32 Å². The highest BCUT2D eigenvalue weighted by Crippen LogP contribution is 2.20. The topological polar surface area (TPSA) is 81.7 Å². The Morgan fingerprint density at radius 2 is 2.00 bits per heavy atom. The van der Waals surface area contributed by atoms with Crippen molar-refractivity contribution in [1.29, 1.82) is 0 Å². The van der Waals surface area contributed by atoms with Gasteiger partial charge in [-0.15, -0.1) is 0 Å². The predicted octanol–water partition coefficient (Wildman–Crippen LogP) is 1.24. The summed E-state index contributed by atoms with van der Waals surface area (Å²) in [5.41, 5.74) is 0. The number of alkyl halides is 3. The molecule has 0 spiro atoms. The van der Waals surface area contributed by atoms with E-state index in [0.29, 0.717) is 6.42 Å². The van der Waals surface area contributed by atoms with Crippen LogP contribution in [0.5, 0.6) is 0 Å². The van der Waals surface area contributed by atoms with Crippen molar-refractivity contribution < 1.29 is 27.9 Å². The van der Waals surface area contributed by atoms with Crippen LogP contribution >= 0.6 is 0 Å². The fraction of sp³-hybridized carbons (Fsp3) is 0.800. The van der Waals surface area contributed by atoms with Crippen molar-refractivity contribution in [1.82, 2.24) is 15.5 Å². The monoisotopic (exact) mass is 283 g/mol. The van der Waals surface area contributed by atoms with E-state index in [1.165, 1.54) is 4.90 Å². The zero-order valence-corrected chi connectivity index (χ0v) is 10.3. The molecule has 1 saturated heterocycles. The smallest absolute Gasteiger partial charge is 0.405 e. The minimum Gasteiger partial charge on any atom is -0.465 e. The third-order valence-corrected chi connectivity index (χ3v) is 3.00. The minimum atomic E-state index is -4.46. The van der Waals surface area contributed by atoms with Gasteiger partial charge in [-0.25, -0.2) is 9.59 Å². The van der Waals surface area contributed by atoms with E-state index < -0.39 is 30.9 Å². The third-order valence-electron chi connectivity index (χ3n) is 3.00. The van der Waals surface area contributed by atoms with Crippen LogP contribution in [-0.4, -0.2) is 54.0 Å². The van der Waals surface area contributed by atoms with Gasteiger partial charge in [0.1, 0.15) is 6.54 Å². The van der Waals surface area contributed by atoms with E-state index in [1.807, 2.05) is 6.92 Å². The molecule has 0 aromatic heterocycles. The summed E-state index contributed by atoms with van der Waals surface area (Å²) in [6, 6.07) is -1.27. The molecule has 0 aromatic rings. The summed E-state index contributed by atoms with van der Waals surface area (Å²) in [5.74, 6) is -0.0901. The van der Waals surface area contributed by atoms with Gasteiger partial charge in [-0.05, 0) is 12.3 Å². The Kier molecular flexibility index (Phi) is 4.84. The van der Waals surface area contributed by atoms with Gasteiger partial charge in [0.05, 0.1) is 6.04 Å². The molecule has 0 saturated carbocycles. The number of nitrogens with one attached hydrogen (secondary N) is 2. The molecular formula is C10H16F3N3O3. The van der Waals surface area contributed by atoms with Gasteiger partial charge in [0.15, 0.2) is 0 Å². The van der Waals surface area contributed by atoms with Crippen LogP contribution in [0.1, 0.15) is 13.3 Å². The molecule has 6 nitrogen and oxygen atoms in total. The van der Waals surface area contributed by atoms with E-state index in [0.717, 1.165) is 0 Å². The van der Waals surface area contributed by atoms with Crippen LogP contribution in [0.15, 0.2) is 0 Å². The molecule has 2 atom stereocenters. The van der Waals surface area contributed by atoms with Gasteiger partial charge in [-0.2, -0.15) is 13.2 Å². The lowest BCUT2D eigenvalue weighted by molar-refractivity contribution is -0.123. The van der Waals surface area contributed by atoms with Crippen LogP contribution in [0.3, 0.4) is 0 Å². The molecule has 9 heteroatoms. The van der Waals surface area contributed by atoms with Crippen LogP contribution in [-0.2, 0) is 0 Å². The summed E-state index contributed by atoms with van der Waals surface area (Å²) < 4.78 is 35.9. The molecular weight excluding hydrogens is 267 g/mol. The highest BCUT2D eigenvalue weighted by atomic mass is 19.4. The van der Waals surface area contributed by atoms with Crippen LogP contribution in [0, 0.1) is 5.92 Å². The summed E-state index contributed by atoms with van der Waals surface area (Å²) in [6.07, 6.45) is -5.03. The maximum absolute atomic E-state index is 12.0. The molecule has 1 fully saturated rings. The largest absolute Gasteiger partial charge is 0.465 e. The highest BCUT2D eigenvalue weighted by Gasteiger charge is 2.36. The maximum atomic E-state index is 12.0. The fourth-order valence-corrected chi connectivity index (χ4v) is 2.06. The lowest BCUT2D eigenvalue weighted by atomic mass is 10.0. The lowest BCUT2D eigenvalue weighted by Crippen LogP contribution is -2.44. The zero-order valence-electron chi connectivity index (χ0n) is 10.3. The first-order valence-corrected chi connectivity index (χ1v) is 5.82. The summed E-state index contributed by atoms with van der Waals surface area (Å²) in [4.78, 5) is 23.3. The normalized spacial score (nSPS) is 23.3. The predicted molar refractivity (Wildman–Crippen MR) is 59.8 cm³/mol. The van der Waals surface area contributed by atoms with Gasteiger partial charge in [0, 0.05) is 13.1 Å². The second kappa shape index (κ2) is 5.98. The van der Waals surface area contributed by atoms with Crippen molar-refractivity contribution in [2.45, 2.75) is 25.6 Å². The zero-order chi connectivity index (χ0) is 14.6. The van der Waals surface area contributed by atoms with Crippen molar-refractivity contribution in [2.24, 2.45) is 5.92 Å². The molecule has 1 heterocycles. The van der Waals surface area contributed by atoms with E-state index in [2.05, 4.69) is 5.32 Å². The van der Waals surface area contributed by atoms with Crippen molar-refractivity contribution >= 4 is 12.1 Å². The summed E-state index contributed by atoms with van der Waals surface area (Å²) >= 11 is 0. The van der Waals surface area contributed by atoms with E-state index in [-0.39, 0.29) is 19.0 Å². The van der Waals surface area contributed by atoms with Gasteiger partial charge in [-0.1, -0.05) is 6.92 Å². The Morgan fingerprint density at radius 3 is 2.47 bits per heavy atom. The van der Waals surface area contributed by atoms with Crippen molar-refractivity contribution in [2.75, 3.05) is 19.6 Å². The van der Waals surface area contributed by atoms with Gasteiger partial charge in [-0.3, -0.25) is 0 Å². The minimum absolute atomic E-state index is 0.0779. The molecule has 19 heavy (non-hydrogen) atoms. The number of carbonyl (C=O) groups excluding carboxylic acids is 1. The number of nitrogens with zero attached hydrogens (tertiary/aromatic N) is 1. The number of carboxylic acid groups (broad SMARTS) is 1. The highest BCUT2D eigenvalue weighted by molar-refractivity contribution is 5.75. The van der Waals surface area contributed by atoms with Gasteiger partial charge < -0.3 is 20.6 Å². The number of halogens is 3. The molecule has 0 aliphatic carbocycles. The first-order valence-electron chi connectivity index (χ1n) is 5.82. The van der Waals surface area contributed by atoms with E-state index >= 15 is 0 Å². The fourth-order valence-electron chi connectivity index (χ4n) is 2.06. The van der Waals surface area contributed by atoms with E-state index in [4.69, 9.17) is 5.11 Å². The molecule has 1 rings (SSSR count). The summed E-state index contributed by atoms with van der Waals surface area (Å²) in [6.45, 7) is 0.758. The van der Waals surface area contributed by atoms with Gasteiger partial charge >= 0.3 is 18.3 Å². The third kappa shape index (κ3) is 4.84. The molecule has 0 unspecified atom stereocenters. The number of hydrogen-bond acceptors (Lipinski definition) is 2. The quantitative estimate of drug-likeness (QED) is 0.728. The molecule has 1 aliphatic rings. The van der Waals surface area contributed by atoms with Crippen LogP contribution in [0.2, 0.25) is 0 Å². The molecule has 0 radical (unpaired) electrons. The van der Waals surface area contributed by atoms with Crippen LogP contribution < -0.4 is 10.6 Å². The molecule has 1 aliphatic heterocycles. The average Bonchev–Trinajstić information content (AvgIpc) is 2.67. The number of amides is 3. The van der Waals surface area contributed by atoms with E-state index in [9.17, 15) is 22.8 Å². The number of rotatable bonds is 3. The van der Waals surface area contributed by atoms with Crippen LogP contribution in [0.4, 0.5) is 22.8 Å². The Balaban J connectivity index is 2.52. The number of urea groups is 1. The molecule has 3 N–H and O–H groups in total. The number of likely N-dealkylation sites (tertiary alicyclic amines) is 1. The standard InChI is InChI=1S/C10H16F3N3O3/c1-2-6-3-16(4-7(6)15-9(18)19)8(17)14-5-10(11,12)13/h6-7,15H,2-5H2,1H3,(H,14,17)(H,18,19)/t6-,7+/m0/s1. The van der Waals surface area contributed by atoms with Crippen molar-refractivity contribution in [3.8, 4) is 0 Å². The summed E-state index contributed by atoms with van der Waals surface area (Å²) in [5, 5.41) is 12.7. The first kappa shape index (κ1) is 15.4. The Labute approximate surface area is 107 Å². The molecule has 0 bridgehead atoms. The molecule has 110 valence electrons. The van der Waals surface area contributed by atoms with Crippen molar-refractivity contribution in [3.05, 3.63) is 0 Å². The Bertz CT molecular complexity index is 349. The maximum Gasteiger partial charge on any atom is 0.405 e. The SMILES string of the molecule is CC[C@H]1CN(C(=O)NCC(F)(F)F)C[C@H]1NC(=O)O.